The van der Waals surface area contributed by atoms with E-state index in [1.54, 1.807) is 32.4 Å². The van der Waals surface area contributed by atoms with Gasteiger partial charge in [0.15, 0.2) is 0 Å². The highest BCUT2D eigenvalue weighted by Gasteiger charge is 2.18. The molecule has 1 atom stereocenters. The van der Waals surface area contributed by atoms with Gasteiger partial charge in [0.2, 0.25) is 0 Å². The maximum Gasteiger partial charge on any atom is 0.124 e. The summed E-state index contributed by atoms with van der Waals surface area (Å²) in [6.07, 6.45) is 4.19. The number of aliphatic hydroxyl groups is 1. The van der Waals surface area contributed by atoms with Gasteiger partial charge in [0.05, 0.1) is 33.0 Å². The first-order valence-corrected chi connectivity index (χ1v) is 7.03. The number of methoxy groups -OCH3 is 2. The molecule has 5 nitrogen and oxygen atoms in total. The van der Waals surface area contributed by atoms with Crippen molar-refractivity contribution in [2.75, 3.05) is 20.8 Å². The van der Waals surface area contributed by atoms with Crippen molar-refractivity contribution in [2.24, 2.45) is 0 Å². The Labute approximate surface area is 119 Å². The van der Waals surface area contributed by atoms with Gasteiger partial charge in [-0.25, -0.2) is 0 Å². The van der Waals surface area contributed by atoms with Crippen molar-refractivity contribution in [3.05, 3.63) is 23.8 Å². The van der Waals surface area contributed by atoms with Gasteiger partial charge in [-0.2, -0.15) is 5.48 Å². The Hall–Kier alpha value is -1.30. The van der Waals surface area contributed by atoms with E-state index in [1.165, 1.54) is 12.8 Å². The minimum absolute atomic E-state index is 0.273. The molecule has 1 fully saturated rings. The zero-order chi connectivity index (χ0) is 14.4. The third-order valence-corrected chi connectivity index (χ3v) is 3.62. The SMILES string of the molecule is COc1ccc(OC)c(C(O)CNOC2CCCC2)c1. The molecule has 1 aliphatic rings. The molecular weight excluding hydrogens is 258 g/mol. The highest BCUT2D eigenvalue weighted by Crippen LogP contribution is 2.29. The summed E-state index contributed by atoms with van der Waals surface area (Å²) >= 11 is 0. The first-order valence-electron chi connectivity index (χ1n) is 7.03. The molecule has 20 heavy (non-hydrogen) atoms. The third kappa shape index (κ3) is 3.85. The molecule has 0 heterocycles. The average molecular weight is 281 g/mol. The molecule has 1 saturated carbocycles. The van der Waals surface area contributed by atoms with Crippen LogP contribution < -0.4 is 15.0 Å². The maximum atomic E-state index is 10.2. The molecule has 0 amide bonds. The van der Waals surface area contributed by atoms with E-state index in [4.69, 9.17) is 14.3 Å². The van der Waals surface area contributed by atoms with Gasteiger partial charge in [-0.3, -0.25) is 4.84 Å². The first kappa shape index (κ1) is 15.1. The summed E-state index contributed by atoms with van der Waals surface area (Å²) < 4.78 is 10.4. The van der Waals surface area contributed by atoms with E-state index >= 15 is 0 Å². The van der Waals surface area contributed by atoms with Crippen LogP contribution in [-0.2, 0) is 4.84 Å². The zero-order valence-electron chi connectivity index (χ0n) is 12.1. The summed E-state index contributed by atoms with van der Waals surface area (Å²) in [5.74, 6) is 1.33. The van der Waals surface area contributed by atoms with Gasteiger partial charge in [-0.15, -0.1) is 0 Å². The number of aliphatic hydroxyl groups excluding tert-OH is 1. The van der Waals surface area contributed by atoms with Crippen LogP contribution in [-0.4, -0.2) is 32.0 Å². The Balaban J connectivity index is 1.91. The van der Waals surface area contributed by atoms with Crippen molar-refractivity contribution in [1.82, 2.24) is 5.48 Å². The molecule has 0 bridgehead atoms. The summed E-state index contributed by atoms with van der Waals surface area (Å²) in [5.41, 5.74) is 3.56. The molecule has 0 aliphatic heterocycles. The number of rotatable bonds is 7. The number of hydroxylamine groups is 1. The fourth-order valence-corrected chi connectivity index (χ4v) is 2.46. The molecule has 112 valence electrons. The van der Waals surface area contributed by atoms with E-state index in [0.29, 0.717) is 23.6 Å². The van der Waals surface area contributed by atoms with Crippen LogP contribution in [0.4, 0.5) is 0 Å². The quantitative estimate of drug-likeness (QED) is 0.750. The monoisotopic (exact) mass is 281 g/mol. The van der Waals surface area contributed by atoms with Gasteiger partial charge < -0.3 is 14.6 Å². The second kappa shape index (κ2) is 7.47. The smallest absolute Gasteiger partial charge is 0.124 e. The molecule has 1 aromatic carbocycles. The molecule has 1 aromatic rings. The summed E-state index contributed by atoms with van der Waals surface area (Å²) in [4.78, 5) is 5.54. The van der Waals surface area contributed by atoms with E-state index < -0.39 is 6.10 Å². The highest BCUT2D eigenvalue weighted by molar-refractivity contribution is 5.41. The Morgan fingerprint density at radius 3 is 2.65 bits per heavy atom. The van der Waals surface area contributed by atoms with E-state index in [9.17, 15) is 5.11 Å². The lowest BCUT2D eigenvalue weighted by Gasteiger charge is -2.18. The summed E-state index contributed by atoms with van der Waals surface area (Å²) in [5, 5.41) is 10.2. The molecule has 0 aromatic heterocycles. The summed E-state index contributed by atoms with van der Waals surface area (Å²) in [7, 11) is 3.18. The van der Waals surface area contributed by atoms with Crippen LogP contribution in [0.2, 0.25) is 0 Å². The van der Waals surface area contributed by atoms with Crippen LogP contribution in [0.25, 0.3) is 0 Å². The fraction of sp³-hybridized carbons (Fsp3) is 0.600. The minimum Gasteiger partial charge on any atom is -0.497 e. The lowest BCUT2D eigenvalue weighted by molar-refractivity contribution is -0.0374. The largest absolute Gasteiger partial charge is 0.497 e. The molecule has 0 spiro atoms. The van der Waals surface area contributed by atoms with Crippen molar-refractivity contribution in [3.63, 3.8) is 0 Å². The second-order valence-corrected chi connectivity index (χ2v) is 5.00. The number of hydrogen-bond acceptors (Lipinski definition) is 5. The lowest BCUT2D eigenvalue weighted by Crippen LogP contribution is -2.26. The third-order valence-electron chi connectivity index (χ3n) is 3.62. The number of benzene rings is 1. The minimum atomic E-state index is -0.707. The Kier molecular flexibility index (Phi) is 5.64. The van der Waals surface area contributed by atoms with E-state index in [1.807, 2.05) is 0 Å². The van der Waals surface area contributed by atoms with Gasteiger partial charge in [0.1, 0.15) is 11.5 Å². The maximum absolute atomic E-state index is 10.2. The van der Waals surface area contributed by atoms with Gasteiger partial charge in [0, 0.05) is 5.56 Å². The summed E-state index contributed by atoms with van der Waals surface area (Å²) in [6.45, 7) is 0.319. The lowest BCUT2D eigenvalue weighted by atomic mass is 10.1. The van der Waals surface area contributed by atoms with Crippen molar-refractivity contribution >= 4 is 0 Å². The van der Waals surface area contributed by atoms with Crippen LogP contribution in [0.5, 0.6) is 11.5 Å². The van der Waals surface area contributed by atoms with Crippen molar-refractivity contribution in [2.45, 2.75) is 37.9 Å². The molecule has 1 aliphatic carbocycles. The predicted molar refractivity (Wildman–Crippen MR) is 75.8 cm³/mol. The molecule has 0 radical (unpaired) electrons. The fourth-order valence-electron chi connectivity index (χ4n) is 2.46. The van der Waals surface area contributed by atoms with Crippen LogP contribution in [0, 0.1) is 0 Å². The van der Waals surface area contributed by atoms with Crippen LogP contribution >= 0.6 is 0 Å². The van der Waals surface area contributed by atoms with Crippen molar-refractivity contribution in [1.29, 1.82) is 0 Å². The van der Waals surface area contributed by atoms with Crippen LogP contribution in [0.1, 0.15) is 37.4 Å². The predicted octanol–water partition coefficient (Wildman–Crippen LogP) is 2.20. The van der Waals surface area contributed by atoms with E-state index in [2.05, 4.69) is 5.48 Å². The number of ether oxygens (including phenoxy) is 2. The van der Waals surface area contributed by atoms with Gasteiger partial charge in [0.25, 0.3) is 0 Å². The van der Waals surface area contributed by atoms with E-state index in [0.717, 1.165) is 12.8 Å². The number of hydrogen-bond donors (Lipinski definition) is 2. The Morgan fingerprint density at radius 2 is 2.00 bits per heavy atom. The standard InChI is InChI=1S/C15H23NO4/c1-18-12-7-8-15(19-2)13(9-12)14(17)10-16-20-11-5-3-4-6-11/h7-9,11,14,16-17H,3-6,10H2,1-2H3. The van der Waals surface area contributed by atoms with Gasteiger partial charge in [-0.1, -0.05) is 12.8 Å². The molecule has 5 heteroatoms. The van der Waals surface area contributed by atoms with E-state index in [-0.39, 0.29) is 6.10 Å². The molecule has 0 saturated heterocycles. The van der Waals surface area contributed by atoms with Crippen LogP contribution in [0.15, 0.2) is 18.2 Å². The van der Waals surface area contributed by atoms with Crippen LogP contribution in [0.3, 0.4) is 0 Å². The summed E-state index contributed by atoms with van der Waals surface area (Å²) in [6, 6.07) is 5.37. The van der Waals surface area contributed by atoms with Crippen molar-refractivity contribution in [3.8, 4) is 11.5 Å². The second-order valence-electron chi connectivity index (χ2n) is 5.00. The molecular formula is C15H23NO4. The average Bonchev–Trinajstić information content (AvgIpc) is 2.99. The normalized spacial score (nSPS) is 17.1. The Bertz CT molecular complexity index is 418. The van der Waals surface area contributed by atoms with Crippen molar-refractivity contribution < 1.29 is 19.4 Å². The molecule has 2 N–H and O–H groups in total. The van der Waals surface area contributed by atoms with Gasteiger partial charge in [-0.05, 0) is 31.0 Å². The Morgan fingerprint density at radius 1 is 1.25 bits per heavy atom. The molecule has 1 unspecified atom stereocenters. The number of nitrogens with one attached hydrogen (secondary N) is 1. The zero-order valence-corrected chi connectivity index (χ0v) is 12.1. The topological polar surface area (TPSA) is 60.0 Å². The first-order chi connectivity index (χ1) is 9.74. The van der Waals surface area contributed by atoms with Gasteiger partial charge >= 0.3 is 0 Å². The highest BCUT2D eigenvalue weighted by atomic mass is 16.7. The molecule has 2 rings (SSSR count).